The molecule has 3 N–H and O–H groups in total. The monoisotopic (exact) mass is 436 g/mol. The van der Waals surface area contributed by atoms with Crippen LogP contribution in [0.4, 0.5) is 0 Å². The normalized spacial score (nSPS) is 16.7. The maximum atomic E-state index is 12.0. The highest BCUT2D eigenvalue weighted by molar-refractivity contribution is 6.32. The minimum Gasteiger partial charge on any atom is -0.492 e. The lowest BCUT2D eigenvalue weighted by Crippen LogP contribution is -2.23. The van der Waals surface area contributed by atoms with E-state index in [1.165, 1.54) is 6.07 Å². The first-order chi connectivity index (χ1) is 14.0. The molecular weight excluding hydrogens is 415 g/mol. The van der Waals surface area contributed by atoms with Crippen LogP contribution in [-0.4, -0.2) is 35.3 Å². The number of benzene rings is 1. The zero-order chi connectivity index (χ0) is 20.8. The van der Waals surface area contributed by atoms with Crippen molar-refractivity contribution >= 4 is 34.7 Å². The number of carbonyl (C=O) groups excluding carboxylic acids is 1. The number of rotatable bonds is 8. The minimum absolute atomic E-state index is 0.000130. The van der Waals surface area contributed by atoms with Crippen molar-refractivity contribution in [2.45, 2.75) is 31.7 Å². The Bertz CT molecular complexity index is 971. The van der Waals surface area contributed by atoms with Crippen molar-refractivity contribution < 1.29 is 14.6 Å². The molecule has 2 heterocycles. The van der Waals surface area contributed by atoms with Crippen LogP contribution in [0.3, 0.4) is 0 Å². The summed E-state index contributed by atoms with van der Waals surface area (Å²) in [5, 5.41) is 12.3. The SMILES string of the molecule is O=C1CC[C@H](C=C(c2ccc(OCCCCO)c(Cl)c2)c2ccc(Cl)c(=O)[nH]2)N1. The van der Waals surface area contributed by atoms with Crippen molar-refractivity contribution in [2.24, 2.45) is 0 Å². The van der Waals surface area contributed by atoms with E-state index in [2.05, 4.69) is 10.3 Å². The lowest BCUT2D eigenvalue weighted by molar-refractivity contribution is -0.119. The zero-order valence-electron chi connectivity index (χ0n) is 15.7. The van der Waals surface area contributed by atoms with Crippen LogP contribution in [0.5, 0.6) is 5.75 Å². The molecule has 3 rings (SSSR count). The quantitative estimate of drug-likeness (QED) is 0.551. The number of aliphatic hydroxyl groups is 1. The van der Waals surface area contributed by atoms with Crippen LogP contribution in [0.15, 0.2) is 41.2 Å². The number of H-pyrrole nitrogens is 1. The van der Waals surface area contributed by atoms with E-state index in [0.29, 0.717) is 42.3 Å². The molecule has 1 atom stereocenters. The fourth-order valence-electron chi connectivity index (χ4n) is 3.10. The van der Waals surface area contributed by atoms with Gasteiger partial charge in [-0.2, -0.15) is 0 Å². The number of carbonyl (C=O) groups is 1. The molecule has 0 unspecified atom stereocenters. The van der Waals surface area contributed by atoms with Gasteiger partial charge in [-0.05, 0) is 49.1 Å². The van der Waals surface area contributed by atoms with E-state index in [1.807, 2.05) is 12.1 Å². The molecule has 0 radical (unpaired) electrons. The number of aromatic nitrogens is 1. The maximum absolute atomic E-state index is 12.0. The Morgan fingerprint density at radius 2 is 2.00 bits per heavy atom. The third kappa shape index (κ3) is 5.63. The molecule has 1 saturated heterocycles. The summed E-state index contributed by atoms with van der Waals surface area (Å²) in [5.41, 5.74) is 1.70. The molecule has 6 nitrogen and oxygen atoms in total. The highest BCUT2D eigenvalue weighted by Gasteiger charge is 2.21. The first-order valence-corrected chi connectivity index (χ1v) is 10.2. The molecule has 1 aromatic carbocycles. The van der Waals surface area contributed by atoms with Crippen molar-refractivity contribution in [3.05, 3.63) is 68.1 Å². The number of hydrogen-bond acceptors (Lipinski definition) is 4. The molecule has 1 aliphatic rings. The lowest BCUT2D eigenvalue weighted by atomic mass is 9.99. The van der Waals surface area contributed by atoms with Gasteiger partial charge < -0.3 is 20.1 Å². The number of halogens is 2. The summed E-state index contributed by atoms with van der Waals surface area (Å²) in [7, 11) is 0. The molecular formula is C21H22Cl2N2O4. The maximum Gasteiger partial charge on any atom is 0.267 e. The summed E-state index contributed by atoms with van der Waals surface area (Å²) in [6.45, 7) is 0.585. The number of aliphatic hydroxyl groups excluding tert-OH is 1. The minimum atomic E-state index is -0.388. The molecule has 154 valence electrons. The van der Waals surface area contributed by atoms with Gasteiger partial charge in [0.15, 0.2) is 0 Å². The Hall–Kier alpha value is -2.28. The van der Waals surface area contributed by atoms with Gasteiger partial charge in [0.05, 0.1) is 11.6 Å². The van der Waals surface area contributed by atoms with Gasteiger partial charge in [0.2, 0.25) is 5.91 Å². The van der Waals surface area contributed by atoms with E-state index in [-0.39, 0.29) is 29.1 Å². The summed E-state index contributed by atoms with van der Waals surface area (Å²) < 4.78 is 5.67. The average molecular weight is 437 g/mol. The lowest BCUT2D eigenvalue weighted by Gasteiger charge is -2.14. The van der Waals surface area contributed by atoms with Gasteiger partial charge in [0.25, 0.3) is 5.56 Å². The van der Waals surface area contributed by atoms with Gasteiger partial charge >= 0.3 is 0 Å². The largest absolute Gasteiger partial charge is 0.492 e. The van der Waals surface area contributed by atoms with Crippen molar-refractivity contribution in [3.63, 3.8) is 0 Å². The number of hydrogen-bond donors (Lipinski definition) is 3. The molecule has 1 fully saturated rings. The molecule has 2 aromatic rings. The van der Waals surface area contributed by atoms with Gasteiger partial charge in [-0.1, -0.05) is 35.3 Å². The van der Waals surface area contributed by atoms with E-state index < -0.39 is 0 Å². The first kappa shape index (κ1) is 21.4. The van der Waals surface area contributed by atoms with Gasteiger partial charge in [-0.3, -0.25) is 9.59 Å². The number of aromatic amines is 1. The number of pyridine rings is 1. The molecule has 0 saturated carbocycles. The van der Waals surface area contributed by atoms with Crippen molar-refractivity contribution in [1.82, 2.24) is 10.3 Å². The van der Waals surface area contributed by atoms with E-state index in [1.54, 1.807) is 18.2 Å². The average Bonchev–Trinajstić information content (AvgIpc) is 3.11. The second-order valence-corrected chi connectivity index (χ2v) is 7.58. The van der Waals surface area contributed by atoms with Crippen molar-refractivity contribution in [2.75, 3.05) is 13.2 Å². The summed E-state index contributed by atoms with van der Waals surface area (Å²) in [4.78, 5) is 26.4. The Balaban J connectivity index is 1.92. The first-order valence-electron chi connectivity index (χ1n) is 9.42. The topological polar surface area (TPSA) is 91.4 Å². The van der Waals surface area contributed by atoms with Gasteiger partial charge in [0, 0.05) is 30.3 Å². The van der Waals surface area contributed by atoms with Crippen LogP contribution in [-0.2, 0) is 4.79 Å². The van der Waals surface area contributed by atoms with E-state index in [0.717, 1.165) is 17.6 Å². The number of ether oxygens (including phenoxy) is 1. The van der Waals surface area contributed by atoms with Crippen molar-refractivity contribution in [3.8, 4) is 5.75 Å². The highest BCUT2D eigenvalue weighted by atomic mass is 35.5. The highest BCUT2D eigenvalue weighted by Crippen LogP contribution is 2.31. The van der Waals surface area contributed by atoms with Gasteiger partial charge in [0.1, 0.15) is 10.8 Å². The second-order valence-electron chi connectivity index (χ2n) is 6.77. The number of amides is 1. The molecule has 0 aliphatic carbocycles. The molecule has 29 heavy (non-hydrogen) atoms. The van der Waals surface area contributed by atoms with Crippen LogP contribution in [0, 0.1) is 0 Å². The summed E-state index contributed by atoms with van der Waals surface area (Å²) in [6, 6.07) is 8.51. The standard InChI is InChI=1S/C21H22Cl2N2O4/c22-16-5-6-18(25-21(16)28)15(12-14-4-8-20(27)24-14)13-3-7-19(17(23)11-13)29-10-2-1-9-26/h3,5-7,11-12,14,26H,1-2,4,8-10H2,(H,24,27)(H,25,28)/t14-/m1/s1. The van der Waals surface area contributed by atoms with Crippen LogP contribution >= 0.6 is 23.2 Å². The Kier molecular flexibility index (Phi) is 7.36. The zero-order valence-corrected chi connectivity index (χ0v) is 17.2. The molecule has 8 heteroatoms. The Labute approximate surface area is 178 Å². The van der Waals surface area contributed by atoms with E-state index in [4.69, 9.17) is 33.0 Å². The third-order valence-corrected chi connectivity index (χ3v) is 5.19. The van der Waals surface area contributed by atoms with Gasteiger partial charge in [-0.25, -0.2) is 0 Å². The molecule has 0 spiro atoms. The summed E-state index contributed by atoms with van der Waals surface area (Å²) >= 11 is 12.3. The second kappa shape index (κ2) is 9.96. The van der Waals surface area contributed by atoms with E-state index in [9.17, 15) is 9.59 Å². The van der Waals surface area contributed by atoms with Crippen LogP contribution < -0.4 is 15.6 Å². The predicted molar refractivity (Wildman–Crippen MR) is 114 cm³/mol. The summed E-state index contributed by atoms with van der Waals surface area (Å²) in [5.74, 6) is 0.548. The molecule has 1 aliphatic heterocycles. The van der Waals surface area contributed by atoms with Crippen LogP contribution in [0.1, 0.15) is 36.9 Å². The summed E-state index contributed by atoms with van der Waals surface area (Å²) in [6.07, 6.45) is 4.46. The van der Waals surface area contributed by atoms with Crippen LogP contribution in [0.25, 0.3) is 5.57 Å². The smallest absolute Gasteiger partial charge is 0.267 e. The number of nitrogens with one attached hydrogen (secondary N) is 2. The fourth-order valence-corrected chi connectivity index (χ4v) is 3.45. The predicted octanol–water partition coefficient (Wildman–Crippen LogP) is 3.54. The molecule has 1 aromatic heterocycles. The van der Waals surface area contributed by atoms with E-state index >= 15 is 0 Å². The Morgan fingerprint density at radius 1 is 1.17 bits per heavy atom. The van der Waals surface area contributed by atoms with Crippen LogP contribution in [0.2, 0.25) is 10.0 Å². The Morgan fingerprint density at radius 3 is 2.66 bits per heavy atom. The van der Waals surface area contributed by atoms with Crippen molar-refractivity contribution in [1.29, 1.82) is 0 Å². The molecule has 0 bridgehead atoms. The molecule has 1 amide bonds. The van der Waals surface area contributed by atoms with Gasteiger partial charge in [-0.15, -0.1) is 0 Å². The fraction of sp³-hybridized carbons (Fsp3) is 0.333. The number of unbranched alkanes of at least 4 members (excludes halogenated alkanes) is 1. The third-order valence-electron chi connectivity index (χ3n) is 4.60.